The smallest absolute Gasteiger partial charge is 0.338 e. The number of benzene rings is 1. The molecule has 1 N–H and O–H groups in total. The minimum atomic E-state index is -1.54. The van der Waals surface area contributed by atoms with E-state index >= 15 is 0 Å². The lowest BCUT2D eigenvalue weighted by Gasteiger charge is -2.03. The fourth-order valence-corrected chi connectivity index (χ4v) is 1.03. The Balaban J connectivity index is 3.50. The lowest BCUT2D eigenvalue weighted by molar-refractivity contribution is 0.0690. The van der Waals surface area contributed by atoms with Gasteiger partial charge in [0, 0.05) is 10.6 Å². The number of carbonyl (C=O) groups is 1. The summed E-state index contributed by atoms with van der Waals surface area (Å²) in [4.78, 5) is 10.4. The monoisotopic (exact) mass is 206 g/mol. The SMILES string of the molecule is Cc1c(Cl)cc(C(=O)O)c(F)c1F. The average molecular weight is 207 g/mol. The molecule has 0 unspecified atom stereocenters. The summed E-state index contributed by atoms with van der Waals surface area (Å²) in [5.41, 5.74) is -0.850. The first kappa shape index (κ1) is 9.92. The van der Waals surface area contributed by atoms with Crippen LogP contribution in [0.5, 0.6) is 0 Å². The van der Waals surface area contributed by atoms with E-state index < -0.39 is 23.2 Å². The molecule has 0 atom stereocenters. The summed E-state index contributed by atoms with van der Waals surface area (Å²) in [6, 6.07) is 0.887. The topological polar surface area (TPSA) is 37.3 Å². The van der Waals surface area contributed by atoms with Crippen molar-refractivity contribution < 1.29 is 18.7 Å². The van der Waals surface area contributed by atoms with Crippen LogP contribution in [0.3, 0.4) is 0 Å². The van der Waals surface area contributed by atoms with Crippen molar-refractivity contribution in [2.45, 2.75) is 6.92 Å². The van der Waals surface area contributed by atoms with E-state index in [1.165, 1.54) is 6.92 Å². The van der Waals surface area contributed by atoms with Gasteiger partial charge in [0.15, 0.2) is 11.6 Å². The summed E-state index contributed by atoms with van der Waals surface area (Å²) < 4.78 is 25.8. The van der Waals surface area contributed by atoms with Crippen LogP contribution < -0.4 is 0 Å². The van der Waals surface area contributed by atoms with Crippen LogP contribution in [0.15, 0.2) is 6.07 Å². The average Bonchev–Trinajstić information content (AvgIpc) is 2.07. The highest BCUT2D eigenvalue weighted by atomic mass is 35.5. The highest BCUT2D eigenvalue weighted by Crippen LogP contribution is 2.23. The molecule has 70 valence electrons. The molecule has 0 bridgehead atoms. The van der Waals surface area contributed by atoms with Gasteiger partial charge in [-0.3, -0.25) is 0 Å². The Labute approximate surface area is 77.8 Å². The Morgan fingerprint density at radius 3 is 2.46 bits per heavy atom. The summed E-state index contributed by atoms with van der Waals surface area (Å²) in [6.45, 7) is 1.27. The van der Waals surface area contributed by atoms with E-state index in [9.17, 15) is 13.6 Å². The molecule has 0 aromatic heterocycles. The Morgan fingerprint density at radius 1 is 1.46 bits per heavy atom. The zero-order valence-electron chi connectivity index (χ0n) is 6.57. The van der Waals surface area contributed by atoms with Crippen LogP contribution in [0.2, 0.25) is 5.02 Å². The van der Waals surface area contributed by atoms with Crippen LogP contribution in [-0.4, -0.2) is 11.1 Å². The summed E-state index contributed by atoms with van der Waals surface area (Å²) in [6.07, 6.45) is 0. The predicted octanol–water partition coefficient (Wildman–Crippen LogP) is 2.62. The zero-order valence-corrected chi connectivity index (χ0v) is 7.32. The molecule has 0 amide bonds. The first-order valence-corrected chi connectivity index (χ1v) is 3.70. The van der Waals surface area contributed by atoms with Crippen LogP contribution >= 0.6 is 11.6 Å². The standard InChI is InChI=1S/C8H5ClF2O2/c1-3-5(9)2-4(8(12)13)7(11)6(3)10/h2H,1H3,(H,12,13). The maximum atomic E-state index is 12.9. The molecule has 13 heavy (non-hydrogen) atoms. The molecule has 0 aliphatic rings. The van der Waals surface area contributed by atoms with Crippen molar-refractivity contribution in [3.05, 3.63) is 33.9 Å². The molecule has 0 aliphatic carbocycles. The summed E-state index contributed by atoms with van der Waals surface area (Å²) in [5.74, 6) is -4.14. The molecule has 0 saturated carbocycles. The van der Waals surface area contributed by atoms with Gasteiger partial charge >= 0.3 is 5.97 Å². The fraction of sp³-hybridized carbons (Fsp3) is 0.125. The molecule has 0 saturated heterocycles. The normalized spacial score (nSPS) is 10.2. The fourth-order valence-electron chi connectivity index (χ4n) is 0.842. The predicted molar refractivity (Wildman–Crippen MR) is 43.1 cm³/mol. The first-order chi connectivity index (χ1) is 5.95. The second kappa shape index (κ2) is 3.30. The number of aromatic carboxylic acids is 1. The van der Waals surface area contributed by atoms with Gasteiger partial charge in [0.1, 0.15) is 0 Å². The minimum Gasteiger partial charge on any atom is -0.478 e. The maximum Gasteiger partial charge on any atom is 0.338 e. The molecule has 5 heteroatoms. The van der Waals surface area contributed by atoms with Gasteiger partial charge in [-0.2, -0.15) is 0 Å². The van der Waals surface area contributed by atoms with E-state index in [0.717, 1.165) is 6.07 Å². The third-order valence-electron chi connectivity index (χ3n) is 1.62. The molecule has 0 aliphatic heterocycles. The van der Waals surface area contributed by atoms with Crippen LogP contribution in [-0.2, 0) is 0 Å². The molecular formula is C8H5ClF2O2. The van der Waals surface area contributed by atoms with Gasteiger partial charge in [-0.05, 0) is 13.0 Å². The van der Waals surface area contributed by atoms with Gasteiger partial charge in [0.25, 0.3) is 0 Å². The molecular weight excluding hydrogens is 202 g/mol. The Bertz CT molecular complexity index is 377. The Morgan fingerprint density at radius 2 is 2.00 bits per heavy atom. The van der Waals surface area contributed by atoms with Gasteiger partial charge in [0.2, 0.25) is 0 Å². The van der Waals surface area contributed by atoms with E-state index in [-0.39, 0.29) is 10.6 Å². The van der Waals surface area contributed by atoms with E-state index in [1.54, 1.807) is 0 Å². The number of carboxylic acid groups (broad SMARTS) is 1. The molecule has 0 spiro atoms. The third kappa shape index (κ3) is 1.62. The molecule has 0 radical (unpaired) electrons. The number of carboxylic acids is 1. The molecule has 1 aromatic rings. The van der Waals surface area contributed by atoms with Gasteiger partial charge in [-0.1, -0.05) is 11.6 Å². The van der Waals surface area contributed by atoms with Crippen molar-refractivity contribution in [3.63, 3.8) is 0 Å². The van der Waals surface area contributed by atoms with Crippen LogP contribution in [0, 0.1) is 18.6 Å². The number of hydrogen-bond acceptors (Lipinski definition) is 1. The maximum absolute atomic E-state index is 12.9. The van der Waals surface area contributed by atoms with Crippen molar-refractivity contribution in [3.8, 4) is 0 Å². The summed E-state index contributed by atoms with van der Waals surface area (Å²) in [7, 11) is 0. The highest BCUT2D eigenvalue weighted by Gasteiger charge is 2.18. The van der Waals surface area contributed by atoms with E-state index in [4.69, 9.17) is 16.7 Å². The number of hydrogen-bond donors (Lipinski definition) is 1. The molecule has 1 rings (SSSR count). The van der Waals surface area contributed by atoms with Crippen LogP contribution in [0.4, 0.5) is 8.78 Å². The zero-order chi connectivity index (χ0) is 10.2. The van der Waals surface area contributed by atoms with E-state index in [0.29, 0.717) is 0 Å². The third-order valence-corrected chi connectivity index (χ3v) is 2.01. The van der Waals surface area contributed by atoms with Crippen molar-refractivity contribution in [2.24, 2.45) is 0 Å². The molecule has 0 fully saturated rings. The molecule has 1 aromatic carbocycles. The van der Waals surface area contributed by atoms with Gasteiger partial charge in [-0.15, -0.1) is 0 Å². The van der Waals surface area contributed by atoms with Crippen molar-refractivity contribution in [2.75, 3.05) is 0 Å². The quantitative estimate of drug-likeness (QED) is 0.718. The largest absolute Gasteiger partial charge is 0.478 e. The first-order valence-electron chi connectivity index (χ1n) is 3.32. The Kier molecular flexibility index (Phi) is 2.52. The van der Waals surface area contributed by atoms with Crippen molar-refractivity contribution >= 4 is 17.6 Å². The van der Waals surface area contributed by atoms with E-state index in [1.807, 2.05) is 0 Å². The Hall–Kier alpha value is -1.16. The summed E-state index contributed by atoms with van der Waals surface area (Å²) in [5, 5.41) is 8.34. The molecule has 0 heterocycles. The second-order valence-electron chi connectivity index (χ2n) is 2.46. The minimum absolute atomic E-state index is 0.0934. The molecule has 2 nitrogen and oxygen atoms in total. The lowest BCUT2D eigenvalue weighted by Crippen LogP contribution is -2.04. The lowest BCUT2D eigenvalue weighted by atomic mass is 10.1. The van der Waals surface area contributed by atoms with Crippen LogP contribution in [0.1, 0.15) is 15.9 Å². The van der Waals surface area contributed by atoms with Crippen molar-refractivity contribution in [1.29, 1.82) is 0 Å². The van der Waals surface area contributed by atoms with Crippen molar-refractivity contribution in [1.82, 2.24) is 0 Å². The van der Waals surface area contributed by atoms with Crippen LogP contribution in [0.25, 0.3) is 0 Å². The summed E-state index contributed by atoms with van der Waals surface area (Å²) >= 11 is 5.47. The number of rotatable bonds is 1. The van der Waals surface area contributed by atoms with Gasteiger partial charge < -0.3 is 5.11 Å². The van der Waals surface area contributed by atoms with E-state index in [2.05, 4.69) is 0 Å². The number of halogens is 3. The van der Waals surface area contributed by atoms with Gasteiger partial charge in [0.05, 0.1) is 5.56 Å². The highest BCUT2D eigenvalue weighted by molar-refractivity contribution is 6.31. The second-order valence-corrected chi connectivity index (χ2v) is 2.87. The van der Waals surface area contributed by atoms with Gasteiger partial charge in [-0.25, -0.2) is 13.6 Å².